The normalized spacial score (nSPS) is 25.8. The van der Waals surface area contributed by atoms with E-state index < -0.39 is 10.3 Å². The van der Waals surface area contributed by atoms with Crippen LogP contribution in [0.4, 0.5) is 0 Å². The summed E-state index contributed by atoms with van der Waals surface area (Å²) in [5.74, 6) is 0.217. The van der Waals surface area contributed by atoms with Gasteiger partial charge in [-0.2, -0.15) is 8.42 Å². The van der Waals surface area contributed by atoms with Gasteiger partial charge in [0.1, 0.15) is 0 Å². The van der Waals surface area contributed by atoms with Crippen molar-refractivity contribution in [2.24, 2.45) is 11.1 Å². The van der Waals surface area contributed by atoms with Crippen molar-refractivity contribution in [3.63, 3.8) is 0 Å². The molecule has 1 fully saturated rings. The molecule has 112 valence electrons. The van der Waals surface area contributed by atoms with E-state index >= 15 is 0 Å². The van der Waals surface area contributed by atoms with E-state index in [1.165, 1.54) is 0 Å². The van der Waals surface area contributed by atoms with Crippen LogP contribution in [0, 0.1) is 5.92 Å². The first-order valence-electron chi connectivity index (χ1n) is 6.67. The van der Waals surface area contributed by atoms with Crippen molar-refractivity contribution in [1.29, 1.82) is 0 Å². The van der Waals surface area contributed by atoms with Crippen LogP contribution in [0.25, 0.3) is 0 Å². The molecule has 1 aliphatic rings. The molecule has 0 aromatic heterocycles. The molecule has 0 radical (unpaired) electrons. The summed E-state index contributed by atoms with van der Waals surface area (Å²) in [6.45, 7) is 4.18. The summed E-state index contributed by atoms with van der Waals surface area (Å²) >= 11 is 0. The molecule has 0 aliphatic carbocycles. The highest BCUT2D eigenvalue weighted by atomic mass is 32.2. The minimum Gasteiger partial charge on any atom is -0.367 e. The molecule has 0 spiro atoms. The van der Waals surface area contributed by atoms with Crippen LogP contribution in [-0.4, -0.2) is 20.6 Å². The Kier molecular flexibility index (Phi) is 4.49. The zero-order valence-electron chi connectivity index (χ0n) is 11.8. The Labute approximate surface area is 120 Å². The molecular formula is C14H21NO4S. The van der Waals surface area contributed by atoms with E-state index in [1.54, 1.807) is 0 Å². The third-order valence-corrected chi connectivity index (χ3v) is 3.99. The summed E-state index contributed by atoms with van der Waals surface area (Å²) in [4.78, 5) is 0. The van der Waals surface area contributed by atoms with Crippen LogP contribution in [0.5, 0.6) is 0 Å². The van der Waals surface area contributed by atoms with E-state index in [2.05, 4.69) is 4.18 Å². The monoisotopic (exact) mass is 299 g/mol. The summed E-state index contributed by atoms with van der Waals surface area (Å²) in [5, 5.41) is 4.84. The minimum absolute atomic E-state index is 0.0321. The van der Waals surface area contributed by atoms with E-state index in [0.717, 1.165) is 12.0 Å². The highest BCUT2D eigenvalue weighted by molar-refractivity contribution is 7.84. The Bertz CT molecular complexity index is 542. The van der Waals surface area contributed by atoms with Crippen LogP contribution in [-0.2, 0) is 19.2 Å². The Balaban J connectivity index is 2.05. The second-order valence-corrected chi connectivity index (χ2v) is 7.00. The fourth-order valence-corrected chi connectivity index (χ4v) is 3.11. The first-order valence-corrected chi connectivity index (χ1v) is 8.14. The highest BCUT2D eigenvalue weighted by Crippen LogP contribution is 2.45. The molecule has 1 saturated heterocycles. The highest BCUT2D eigenvalue weighted by Gasteiger charge is 2.40. The second-order valence-electron chi connectivity index (χ2n) is 5.78. The van der Waals surface area contributed by atoms with Crippen molar-refractivity contribution < 1.29 is 17.3 Å². The van der Waals surface area contributed by atoms with Crippen molar-refractivity contribution in [2.75, 3.05) is 6.61 Å². The molecule has 0 amide bonds. The van der Waals surface area contributed by atoms with Gasteiger partial charge in [-0.25, -0.2) is 5.14 Å². The van der Waals surface area contributed by atoms with Crippen LogP contribution in [0.1, 0.15) is 38.4 Å². The Morgan fingerprint density at radius 2 is 2.00 bits per heavy atom. The maximum Gasteiger partial charge on any atom is 0.333 e. The summed E-state index contributed by atoms with van der Waals surface area (Å²) in [6.07, 6.45) is 1.43. The number of rotatable bonds is 5. The zero-order valence-corrected chi connectivity index (χ0v) is 12.6. The lowest BCUT2D eigenvalue weighted by atomic mass is 9.89. The summed E-state index contributed by atoms with van der Waals surface area (Å²) in [6, 6.07) is 9.96. The Morgan fingerprint density at radius 1 is 1.35 bits per heavy atom. The zero-order chi connectivity index (χ0) is 14.8. The molecule has 2 rings (SSSR count). The summed E-state index contributed by atoms with van der Waals surface area (Å²) in [7, 11) is -3.87. The van der Waals surface area contributed by atoms with E-state index in [0.29, 0.717) is 6.42 Å². The lowest BCUT2D eigenvalue weighted by Crippen LogP contribution is -2.19. The van der Waals surface area contributed by atoms with Gasteiger partial charge in [0.2, 0.25) is 0 Å². The topological polar surface area (TPSA) is 78.6 Å². The van der Waals surface area contributed by atoms with E-state index in [4.69, 9.17) is 9.88 Å². The third kappa shape index (κ3) is 4.28. The van der Waals surface area contributed by atoms with Crippen molar-refractivity contribution in [3.05, 3.63) is 35.9 Å². The average molecular weight is 299 g/mol. The lowest BCUT2D eigenvalue weighted by molar-refractivity contribution is -0.0233. The molecule has 5 nitrogen and oxygen atoms in total. The molecule has 2 N–H and O–H groups in total. The predicted octanol–water partition coefficient (Wildman–Crippen LogP) is 2.15. The summed E-state index contributed by atoms with van der Waals surface area (Å²) in [5.41, 5.74) is 0.894. The molecule has 0 saturated carbocycles. The number of benzene rings is 1. The van der Waals surface area contributed by atoms with Gasteiger partial charge in [0, 0.05) is 0 Å². The number of hydrogen-bond donors (Lipinski definition) is 1. The summed E-state index contributed by atoms with van der Waals surface area (Å²) < 4.78 is 32.3. The van der Waals surface area contributed by atoms with Crippen LogP contribution >= 0.6 is 0 Å². The quantitative estimate of drug-likeness (QED) is 0.903. The molecule has 2 atom stereocenters. The molecule has 6 heteroatoms. The molecule has 1 aromatic carbocycles. The van der Waals surface area contributed by atoms with Gasteiger partial charge in [-0.05, 0) is 38.2 Å². The van der Waals surface area contributed by atoms with Crippen molar-refractivity contribution >= 4 is 10.3 Å². The van der Waals surface area contributed by atoms with Crippen molar-refractivity contribution in [2.45, 2.75) is 38.4 Å². The van der Waals surface area contributed by atoms with Gasteiger partial charge >= 0.3 is 10.3 Å². The van der Waals surface area contributed by atoms with Gasteiger partial charge in [-0.3, -0.25) is 4.18 Å². The molecule has 1 heterocycles. The second kappa shape index (κ2) is 5.81. The average Bonchev–Trinajstić information content (AvgIpc) is 2.64. The standard InChI is InChI=1S/C14H21NO4S/c1-14(2)10-12(8-9-18-20(15,16)17)13(19-14)11-6-4-3-5-7-11/h3-7,12-13H,8-10H2,1-2H3,(H2,15,16,17)/t12-,13+/m1/s1. The largest absolute Gasteiger partial charge is 0.367 e. The number of ether oxygens (including phenoxy) is 1. The van der Waals surface area contributed by atoms with Crippen LogP contribution in [0.3, 0.4) is 0 Å². The van der Waals surface area contributed by atoms with Gasteiger partial charge in [-0.1, -0.05) is 30.3 Å². The Hall–Kier alpha value is -0.950. The van der Waals surface area contributed by atoms with E-state index in [-0.39, 0.29) is 24.2 Å². The maximum absolute atomic E-state index is 10.8. The van der Waals surface area contributed by atoms with Gasteiger partial charge in [0.15, 0.2) is 0 Å². The fourth-order valence-electron chi connectivity index (χ4n) is 2.78. The molecule has 1 aromatic rings. The molecule has 0 bridgehead atoms. The van der Waals surface area contributed by atoms with Crippen molar-refractivity contribution in [1.82, 2.24) is 0 Å². The minimum atomic E-state index is -3.87. The van der Waals surface area contributed by atoms with Gasteiger partial charge < -0.3 is 4.74 Å². The van der Waals surface area contributed by atoms with Gasteiger partial charge in [0.25, 0.3) is 0 Å². The predicted molar refractivity (Wildman–Crippen MR) is 76.1 cm³/mol. The van der Waals surface area contributed by atoms with Crippen LogP contribution in [0.2, 0.25) is 0 Å². The first kappa shape index (κ1) is 15.4. The molecule has 1 aliphatic heterocycles. The van der Waals surface area contributed by atoms with E-state index in [9.17, 15) is 8.42 Å². The Morgan fingerprint density at radius 3 is 2.60 bits per heavy atom. The van der Waals surface area contributed by atoms with Crippen LogP contribution in [0.15, 0.2) is 30.3 Å². The first-order chi connectivity index (χ1) is 9.27. The molecule has 0 unspecified atom stereocenters. The third-order valence-electron chi connectivity index (χ3n) is 3.49. The van der Waals surface area contributed by atoms with E-state index in [1.807, 2.05) is 44.2 Å². The lowest BCUT2D eigenvalue weighted by Gasteiger charge is -2.20. The smallest absolute Gasteiger partial charge is 0.333 e. The van der Waals surface area contributed by atoms with Gasteiger partial charge in [0.05, 0.1) is 18.3 Å². The number of nitrogens with two attached hydrogens (primary N) is 1. The number of hydrogen-bond acceptors (Lipinski definition) is 4. The van der Waals surface area contributed by atoms with Crippen molar-refractivity contribution in [3.8, 4) is 0 Å². The van der Waals surface area contributed by atoms with Crippen LogP contribution < -0.4 is 5.14 Å². The fraction of sp³-hybridized carbons (Fsp3) is 0.571. The maximum atomic E-state index is 10.8. The molecular weight excluding hydrogens is 278 g/mol. The van der Waals surface area contributed by atoms with Gasteiger partial charge in [-0.15, -0.1) is 0 Å². The SMILES string of the molecule is CC1(C)C[C@@H](CCOS(N)(=O)=O)[C@H](c2ccccc2)O1. The molecule has 20 heavy (non-hydrogen) atoms.